The molecule has 0 saturated heterocycles. The fraction of sp³-hybridized carbons (Fsp3) is 0. The molecule has 0 aliphatic carbocycles. The van der Waals surface area contributed by atoms with Crippen molar-refractivity contribution >= 4 is 45.6 Å². The molecule has 0 aromatic heterocycles. The third-order valence-corrected chi connectivity index (χ3v) is 7.07. The number of hydrogen-bond acceptors (Lipinski definition) is 0. The Bertz CT molecular complexity index is 29.8. The van der Waals surface area contributed by atoms with Gasteiger partial charge in [-0.3, -0.25) is 0 Å². The minimum atomic E-state index is -1.02. The zero-order valence-corrected chi connectivity index (χ0v) is 6.68. The Labute approximate surface area is 47.4 Å². The van der Waals surface area contributed by atoms with E-state index in [1.807, 2.05) is 0 Å². The molecule has 0 rings (SSSR count). The van der Waals surface area contributed by atoms with Crippen LogP contribution in [0.5, 0.6) is 0 Å². The molecule has 0 amide bonds. The first kappa shape index (κ1) is 5.02. The Hall–Kier alpha value is 1.87. The number of rotatable bonds is 1. The molecule has 0 aliphatic rings. The van der Waals surface area contributed by atoms with E-state index in [2.05, 4.69) is 8.93 Å². The SMILES string of the molecule is [2H]P(P)P(Cl)Cl. The van der Waals surface area contributed by atoms with Crippen LogP contribution < -0.4 is 0 Å². The monoisotopic (exact) mass is 167 g/mol. The Morgan fingerprint density at radius 2 is 2.20 bits per heavy atom. The van der Waals surface area contributed by atoms with Crippen LogP contribution in [0.1, 0.15) is 0 Å². The van der Waals surface area contributed by atoms with Gasteiger partial charge in [0, 0.05) is 0 Å². The van der Waals surface area contributed by atoms with Gasteiger partial charge in [0.2, 0.25) is 0 Å². The molecule has 0 fully saturated rings. The Balaban J connectivity index is 2.99. The van der Waals surface area contributed by atoms with Crippen LogP contribution in [-0.4, -0.2) is 1.28 Å². The minimum Gasteiger partial charge on any atom is -0.108 e. The summed E-state index contributed by atoms with van der Waals surface area (Å²) in [7, 11) is 1.37. The maximum atomic E-state index is 6.83. The predicted octanol–water partition coefficient (Wildman–Crippen LogP) is 3.16. The van der Waals surface area contributed by atoms with Gasteiger partial charge in [0.05, 0.1) is 1.28 Å². The average molecular weight is 168 g/mol. The Kier molecular flexibility index (Phi) is 4.05. The quantitative estimate of drug-likeness (QED) is 0.527. The Morgan fingerprint density at radius 1 is 2.00 bits per heavy atom. The van der Waals surface area contributed by atoms with Gasteiger partial charge in [-0.1, -0.05) is 22.5 Å². The van der Waals surface area contributed by atoms with Crippen LogP contribution in [0.2, 0.25) is 0 Å². The zero-order valence-electron chi connectivity index (χ0n) is 3.23. The van der Waals surface area contributed by atoms with Crippen LogP contribution in [0.25, 0.3) is 0 Å². The van der Waals surface area contributed by atoms with Crippen molar-refractivity contribution in [2.75, 3.05) is 0 Å². The van der Waals surface area contributed by atoms with Crippen molar-refractivity contribution in [1.29, 1.82) is 1.28 Å². The first-order chi connectivity index (χ1) is 2.64. The third kappa shape index (κ3) is 5.87. The summed E-state index contributed by atoms with van der Waals surface area (Å²) >= 11 is 10.5. The van der Waals surface area contributed by atoms with Gasteiger partial charge in [0.15, 0.2) is 0 Å². The molecule has 0 nitrogen and oxygen atoms in total. The second kappa shape index (κ2) is 4.04. The summed E-state index contributed by atoms with van der Waals surface area (Å²) in [6, 6.07) is 0. The highest BCUT2D eigenvalue weighted by Crippen LogP contribution is 2.67. The zero-order chi connectivity index (χ0) is 5.15. The van der Waals surface area contributed by atoms with Gasteiger partial charge >= 0.3 is 0 Å². The second-order valence-electron chi connectivity index (χ2n) is 0.331. The highest BCUT2D eigenvalue weighted by Gasteiger charge is 1.86. The lowest BCUT2D eigenvalue weighted by Gasteiger charge is -1.84. The first-order valence-electron chi connectivity index (χ1n) is 1.24. The summed E-state index contributed by atoms with van der Waals surface area (Å²) in [6.45, 7) is 0. The van der Waals surface area contributed by atoms with Gasteiger partial charge in [-0.15, -0.1) is 8.93 Å². The van der Waals surface area contributed by atoms with Crippen molar-refractivity contribution in [2.24, 2.45) is 0 Å². The smallest absolute Gasteiger partial charge is 0.108 e. The molecule has 0 spiro atoms. The second-order valence-corrected chi connectivity index (χ2v) is 8.92. The van der Waals surface area contributed by atoms with Crippen LogP contribution in [0.4, 0.5) is 0 Å². The van der Waals surface area contributed by atoms with Gasteiger partial charge < -0.3 is 0 Å². The molecular formula is H3Cl2P3. The fourth-order valence-electron chi connectivity index (χ4n) is 0. The largest absolute Gasteiger partial charge is 0.110 e. The van der Waals surface area contributed by atoms with Crippen molar-refractivity contribution in [3.05, 3.63) is 0 Å². The molecule has 2 atom stereocenters. The molecule has 0 heterocycles. The van der Waals surface area contributed by atoms with Gasteiger partial charge in [0.1, 0.15) is 6.32 Å². The summed E-state index contributed by atoms with van der Waals surface area (Å²) in [5, 5.41) is 0. The summed E-state index contributed by atoms with van der Waals surface area (Å²) in [5.41, 5.74) is 0. The topological polar surface area (TPSA) is 0 Å². The number of halogens is 2. The molecular weight excluding hydrogens is 164 g/mol. The maximum absolute atomic E-state index is 6.83. The van der Waals surface area contributed by atoms with E-state index >= 15 is 0 Å². The summed E-state index contributed by atoms with van der Waals surface area (Å²) in [4.78, 5) is 0. The average Bonchev–Trinajstić information content (AvgIpc) is 1.36. The summed E-state index contributed by atoms with van der Waals surface area (Å²) < 4.78 is 6.83. The number of hydrogen-bond donors (Lipinski definition) is 0. The molecule has 2 unspecified atom stereocenters. The van der Waals surface area contributed by atoms with Crippen LogP contribution >= 0.6 is 45.6 Å². The lowest BCUT2D eigenvalue weighted by molar-refractivity contribution is 4.67. The third-order valence-electron chi connectivity index (χ3n) is 0.0873. The van der Waals surface area contributed by atoms with Crippen molar-refractivity contribution in [2.45, 2.75) is 0 Å². The molecule has 32 valence electrons. The van der Waals surface area contributed by atoms with Crippen molar-refractivity contribution in [3.63, 3.8) is 0 Å². The van der Waals surface area contributed by atoms with E-state index in [9.17, 15) is 0 Å². The highest BCUT2D eigenvalue weighted by atomic mass is 35.9. The van der Waals surface area contributed by atoms with Gasteiger partial charge in [-0.05, 0) is 7.90 Å². The van der Waals surface area contributed by atoms with E-state index in [0.29, 0.717) is 0 Å². The van der Waals surface area contributed by atoms with Gasteiger partial charge in [-0.2, -0.15) is 0 Å². The van der Waals surface area contributed by atoms with Crippen LogP contribution in [-0.2, 0) is 0 Å². The summed E-state index contributed by atoms with van der Waals surface area (Å²) in [6.07, 6.45) is -1.02. The molecule has 0 radical (unpaired) electrons. The van der Waals surface area contributed by atoms with Crippen molar-refractivity contribution < 1.29 is 0 Å². The van der Waals surface area contributed by atoms with E-state index < -0.39 is 14.2 Å². The molecule has 0 aromatic carbocycles. The molecule has 5 heavy (non-hydrogen) atoms. The highest BCUT2D eigenvalue weighted by molar-refractivity contribution is 8.59. The molecule has 5 heteroatoms. The van der Waals surface area contributed by atoms with E-state index in [1.165, 1.54) is 0 Å². The predicted molar refractivity (Wildman–Crippen MR) is 36.7 cm³/mol. The van der Waals surface area contributed by atoms with Crippen LogP contribution in [0.3, 0.4) is 0 Å². The maximum Gasteiger partial charge on any atom is 0.110 e. The minimum absolute atomic E-state index is 0.897. The first-order valence-corrected chi connectivity index (χ1v) is 7.17. The molecule has 0 saturated carbocycles. The van der Waals surface area contributed by atoms with Crippen LogP contribution in [0, 0.1) is 0 Å². The van der Waals surface area contributed by atoms with Crippen molar-refractivity contribution in [3.8, 4) is 0 Å². The van der Waals surface area contributed by atoms with Gasteiger partial charge in [0.25, 0.3) is 0 Å². The standard InChI is InChI=1S/Cl2H3P3/c1-5(2)4-3/h4H,3H2/i4D. The normalized spacial score (nSPS) is 18.8. The van der Waals surface area contributed by atoms with E-state index in [0.717, 1.165) is 0 Å². The summed E-state index contributed by atoms with van der Waals surface area (Å²) in [5.74, 6) is 0. The molecule has 0 aromatic rings. The molecule has 0 bridgehead atoms. The molecule has 0 N–H and O–H groups in total. The van der Waals surface area contributed by atoms with Gasteiger partial charge in [-0.25, -0.2) is 0 Å². The Morgan fingerprint density at radius 3 is 2.20 bits per heavy atom. The van der Waals surface area contributed by atoms with E-state index in [4.69, 9.17) is 23.8 Å². The lowest BCUT2D eigenvalue weighted by Crippen LogP contribution is -1.03. The van der Waals surface area contributed by atoms with E-state index in [1.54, 1.807) is 0 Å². The molecule has 0 aliphatic heterocycles. The fourth-order valence-corrected chi connectivity index (χ4v) is 0. The van der Waals surface area contributed by atoms with Crippen LogP contribution in [0.15, 0.2) is 0 Å². The van der Waals surface area contributed by atoms with E-state index in [-0.39, 0.29) is 0 Å². The van der Waals surface area contributed by atoms with Crippen molar-refractivity contribution in [1.82, 2.24) is 0 Å². The lowest BCUT2D eigenvalue weighted by atomic mass is 29.5.